The Bertz CT molecular complexity index is 1130. The van der Waals surface area contributed by atoms with Gasteiger partial charge in [-0.25, -0.2) is 9.07 Å². The van der Waals surface area contributed by atoms with Crippen molar-refractivity contribution in [3.05, 3.63) is 59.2 Å². The van der Waals surface area contributed by atoms with Crippen molar-refractivity contribution in [3.63, 3.8) is 0 Å². The molecule has 0 saturated heterocycles. The molecule has 2 amide bonds. The second-order valence-electron chi connectivity index (χ2n) is 6.71. The summed E-state index contributed by atoms with van der Waals surface area (Å²) in [4.78, 5) is 25.0. The molecule has 0 saturated carbocycles. The lowest BCUT2D eigenvalue weighted by atomic mass is 10.2. The molecule has 0 bridgehead atoms. The molecule has 31 heavy (non-hydrogen) atoms. The van der Waals surface area contributed by atoms with Gasteiger partial charge in [0.15, 0.2) is 5.69 Å². The van der Waals surface area contributed by atoms with Gasteiger partial charge in [0.2, 0.25) is 5.91 Å². The van der Waals surface area contributed by atoms with Gasteiger partial charge in [-0.05, 0) is 43.7 Å². The van der Waals surface area contributed by atoms with Crippen molar-refractivity contribution in [3.8, 4) is 11.5 Å². The highest BCUT2D eigenvalue weighted by molar-refractivity contribution is 6.04. The first-order chi connectivity index (χ1) is 14.8. The third-order valence-corrected chi connectivity index (χ3v) is 4.62. The lowest BCUT2D eigenvalue weighted by Crippen LogP contribution is -2.21. The number of aromatic nitrogens is 3. The highest BCUT2D eigenvalue weighted by atomic mass is 19.1. The summed E-state index contributed by atoms with van der Waals surface area (Å²) in [6, 6.07) is 9.09. The van der Waals surface area contributed by atoms with Crippen LogP contribution >= 0.6 is 0 Å². The lowest BCUT2D eigenvalue weighted by molar-refractivity contribution is -0.117. The quantitative estimate of drug-likeness (QED) is 0.600. The van der Waals surface area contributed by atoms with Crippen LogP contribution in [0, 0.1) is 19.7 Å². The van der Waals surface area contributed by atoms with Gasteiger partial charge < -0.3 is 20.1 Å². The number of methoxy groups -OCH3 is 2. The Labute approximate surface area is 178 Å². The Hall–Kier alpha value is -3.95. The Kier molecular flexibility index (Phi) is 6.49. The molecule has 0 atom stereocenters. The first-order valence-electron chi connectivity index (χ1n) is 9.32. The zero-order chi connectivity index (χ0) is 22.5. The summed E-state index contributed by atoms with van der Waals surface area (Å²) in [7, 11) is 3.01. The van der Waals surface area contributed by atoms with Crippen LogP contribution in [0.25, 0.3) is 0 Å². The molecular formula is C21H22FN5O4. The van der Waals surface area contributed by atoms with E-state index in [2.05, 4.69) is 20.9 Å². The molecule has 10 heteroatoms. The number of nitrogens with one attached hydrogen (secondary N) is 2. The molecule has 0 radical (unpaired) electrons. The predicted octanol–water partition coefficient (Wildman–Crippen LogP) is 2.94. The van der Waals surface area contributed by atoms with Crippen LogP contribution in [-0.2, 0) is 11.3 Å². The van der Waals surface area contributed by atoms with Crippen LogP contribution < -0.4 is 20.1 Å². The second kappa shape index (κ2) is 9.24. The highest BCUT2D eigenvalue weighted by Crippen LogP contribution is 2.29. The summed E-state index contributed by atoms with van der Waals surface area (Å²) in [6.07, 6.45) is 0. The van der Waals surface area contributed by atoms with Crippen molar-refractivity contribution in [1.82, 2.24) is 15.0 Å². The predicted molar refractivity (Wildman–Crippen MR) is 112 cm³/mol. The second-order valence-corrected chi connectivity index (χ2v) is 6.71. The van der Waals surface area contributed by atoms with Crippen LogP contribution in [0.1, 0.15) is 21.7 Å². The molecule has 0 aliphatic heterocycles. The monoisotopic (exact) mass is 427 g/mol. The molecule has 3 aromatic rings. The smallest absolute Gasteiger partial charge is 0.278 e. The molecule has 1 aromatic heterocycles. The van der Waals surface area contributed by atoms with Crippen LogP contribution in [0.15, 0.2) is 36.4 Å². The van der Waals surface area contributed by atoms with E-state index in [4.69, 9.17) is 9.47 Å². The summed E-state index contributed by atoms with van der Waals surface area (Å²) < 4.78 is 25.2. The third-order valence-electron chi connectivity index (χ3n) is 4.62. The number of nitrogens with zero attached hydrogens (tertiary/aromatic N) is 3. The topological polar surface area (TPSA) is 107 Å². The number of anilines is 2. The first-order valence-corrected chi connectivity index (χ1v) is 9.32. The van der Waals surface area contributed by atoms with E-state index in [0.29, 0.717) is 34.1 Å². The van der Waals surface area contributed by atoms with Crippen LogP contribution in [0.4, 0.5) is 15.8 Å². The average Bonchev–Trinajstić information content (AvgIpc) is 3.11. The van der Waals surface area contributed by atoms with E-state index >= 15 is 0 Å². The molecule has 1 heterocycles. The fourth-order valence-electron chi connectivity index (χ4n) is 2.86. The number of aryl methyl sites for hydroxylation is 1. The molecule has 0 aliphatic carbocycles. The molecule has 3 rings (SSSR count). The fourth-order valence-corrected chi connectivity index (χ4v) is 2.86. The Morgan fingerprint density at radius 1 is 1.03 bits per heavy atom. The van der Waals surface area contributed by atoms with E-state index in [9.17, 15) is 14.0 Å². The number of amides is 2. The Balaban J connectivity index is 1.71. The summed E-state index contributed by atoms with van der Waals surface area (Å²) in [5, 5.41) is 13.1. The number of hydrogen-bond donors (Lipinski definition) is 2. The average molecular weight is 427 g/mol. The number of ether oxygens (including phenoxy) is 2. The van der Waals surface area contributed by atoms with Crippen molar-refractivity contribution >= 4 is 23.2 Å². The summed E-state index contributed by atoms with van der Waals surface area (Å²) in [5.74, 6) is -0.370. The van der Waals surface area contributed by atoms with E-state index in [1.54, 1.807) is 38.1 Å². The standard InChI is InChI=1S/C21H22FN5O4/c1-12-5-6-14(22)9-17(12)24-21(29)20-13(2)27(26-25-20)11-19(28)23-16-8-7-15(30-3)10-18(16)31-4/h5-10H,11H2,1-4H3,(H,23,28)(H,24,29). The first kappa shape index (κ1) is 21.8. The zero-order valence-electron chi connectivity index (χ0n) is 17.5. The molecular weight excluding hydrogens is 405 g/mol. The third kappa shape index (κ3) is 4.97. The van der Waals surface area contributed by atoms with Crippen LogP contribution in [0.5, 0.6) is 11.5 Å². The normalized spacial score (nSPS) is 10.5. The summed E-state index contributed by atoms with van der Waals surface area (Å²) in [5.41, 5.74) is 1.93. The molecule has 0 aliphatic rings. The van der Waals surface area contributed by atoms with E-state index in [0.717, 1.165) is 0 Å². The number of rotatable bonds is 7. The van der Waals surface area contributed by atoms with Gasteiger partial charge >= 0.3 is 0 Å². The fraction of sp³-hybridized carbons (Fsp3) is 0.238. The molecule has 2 aromatic carbocycles. The van der Waals surface area contributed by atoms with Gasteiger partial charge in [0.1, 0.15) is 23.9 Å². The summed E-state index contributed by atoms with van der Waals surface area (Å²) in [6.45, 7) is 3.20. The van der Waals surface area contributed by atoms with E-state index in [1.165, 1.54) is 31.0 Å². The number of hydrogen-bond acceptors (Lipinski definition) is 6. The van der Waals surface area contributed by atoms with Crippen molar-refractivity contribution in [2.75, 3.05) is 24.9 Å². The Morgan fingerprint density at radius 2 is 1.81 bits per heavy atom. The highest BCUT2D eigenvalue weighted by Gasteiger charge is 2.19. The van der Waals surface area contributed by atoms with E-state index < -0.39 is 11.7 Å². The minimum Gasteiger partial charge on any atom is -0.497 e. The van der Waals surface area contributed by atoms with Crippen LogP contribution in [-0.4, -0.2) is 41.0 Å². The van der Waals surface area contributed by atoms with Crippen molar-refractivity contribution in [1.29, 1.82) is 0 Å². The van der Waals surface area contributed by atoms with Gasteiger partial charge in [0.05, 0.1) is 25.6 Å². The number of carbonyl (C=O) groups excluding carboxylic acids is 2. The van der Waals surface area contributed by atoms with E-state index in [-0.39, 0.29) is 18.1 Å². The molecule has 0 spiro atoms. The largest absolute Gasteiger partial charge is 0.497 e. The maximum absolute atomic E-state index is 13.5. The van der Waals surface area contributed by atoms with Crippen LogP contribution in [0.3, 0.4) is 0 Å². The van der Waals surface area contributed by atoms with Crippen LogP contribution in [0.2, 0.25) is 0 Å². The molecule has 9 nitrogen and oxygen atoms in total. The van der Waals surface area contributed by atoms with Gasteiger partial charge in [-0.15, -0.1) is 5.10 Å². The van der Waals surface area contributed by atoms with Gasteiger partial charge in [0, 0.05) is 11.8 Å². The molecule has 2 N–H and O–H groups in total. The number of halogens is 1. The van der Waals surface area contributed by atoms with Crippen molar-refractivity contribution in [2.45, 2.75) is 20.4 Å². The maximum atomic E-state index is 13.5. The number of carbonyl (C=O) groups is 2. The van der Waals surface area contributed by atoms with Gasteiger partial charge in [0.25, 0.3) is 5.91 Å². The van der Waals surface area contributed by atoms with E-state index in [1.807, 2.05) is 0 Å². The van der Waals surface area contributed by atoms with Gasteiger partial charge in [-0.1, -0.05) is 11.3 Å². The van der Waals surface area contributed by atoms with Gasteiger partial charge in [-0.3, -0.25) is 9.59 Å². The minimum atomic E-state index is -0.547. The number of benzene rings is 2. The molecule has 0 fully saturated rings. The zero-order valence-corrected chi connectivity index (χ0v) is 17.5. The van der Waals surface area contributed by atoms with Gasteiger partial charge in [-0.2, -0.15) is 0 Å². The molecule has 0 unspecified atom stereocenters. The molecule has 162 valence electrons. The lowest BCUT2D eigenvalue weighted by Gasteiger charge is -2.12. The van der Waals surface area contributed by atoms with Crippen molar-refractivity contribution < 1.29 is 23.5 Å². The summed E-state index contributed by atoms with van der Waals surface area (Å²) >= 11 is 0. The van der Waals surface area contributed by atoms with Crippen molar-refractivity contribution in [2.24, 2.45) is 0 Å². The maximum Gasteiger partial charge on any atom is 0.278 e. The minimum absolute atomic E-state index is 0.0403. The SMILES string of the molecule is COc1ccc(NC(=O)Cn2nnc(C(=O)Nc3cc(F)ccc3C)c2C)c(OC)c1. The Morgan fingerprint density at radius 3 is 2.52 bits per heavy atom.